The van der Waals surface area contributed by atoms with E-state index in [1.807, 2.05) is 24.3 Å². The van der Waals surface area contributed by atoms with Crippen molar-refractivity contribution in [3.05, 3.63) is 24.3 Å². The van der Waals surface area contributed by atoms with Crippen LogP contribution in [0.15, 0.2) is 29.3 Å². The molecule has 5 heteroatoms. The highest BCUT2D eigenvalue weighted by molar-refractivity contribution is 5.97. The molecule has 0 saturated carbocycles. The number of guanidine groups is 1. The summed E-state index contributed by atoms with van der Waals surface area (Å²) in [7, 11) is 1.66. The second kappa shape index (κ2) is 5.09. The predicted octanol–water partition coefficient (Wildman–Crippen LogP) is 1.38. The summed E-state index contributed by atoms with van der Waals surface area (Å²) in [6, 6.07) is 8.10. The Balaban J connectivity index is 1.88. The SMILES string of the molecule is COc1cccc(N2C(N)=NCC2C2CCCO2)c1. The van der Waals surface area contributed by atoms with E-state index < -0.39 is 0 Å². The number of hydrogen-bond acceptors (Lipinski definition) is 5. The van der Waals surface area contributed by atoms with Crippen LogP contribution in [0, 0.1) is 0 Å². The molecule has 2 aliphatic rings. The van der Waals surface area contributed by atoms with E-state index in [4.69, 9.17) is 15.2 Å². The van der Waals surface area contributed by atoms with Gasteiger partial charge >= 0.3 is 0 Å². The van der Waals surface area contributed by atoms with E-state index in [2.05, 4.69) is 9.89 Å². The second-order valence-electron chi connectivity index (χ2n) is 4.89. The lowest BCUT2D eigenvalue weighted by Crippen LogP contribution is -2.47. The monoisotopic (exact) mass is 261 g/mol. The highest BCUT2D eigenvalue weighted by Gasteiger charge is 2.36. The molecule has 3 rings (SSSR count). The van der Waals surface area contributed by atoms with Gasteiger partial charge in [-0.3, -0.25) is 4.99 Å². The Morgan fingerprint density at radius 3 is 3.11 bits per heavy atom. The highest BCUT2D eigenvalue weighted by Crippen LogP contribution is 2.29. The molecule has 5 nitrogen and oxygen atoms in total. The Morgan fingerprint density at radius 2 is 2.37 bits per heavy atom. The number of nitrogens with zero attached hydrogens (tertiary/aromatic N) is 2. The smallest absolute Gasteiger partial charge is 0.196 e. The lowest BCUT2D eigenvalue weighted by molar-refractivity contribution is 0.0947. The van der Waals surface area contributed by atoms with E-state index in [1.54, 1.807) is 7.11 Å². The normalized spacial score (nSPS) is 26.6. The van der Waals surface area contributed by atoms with Gasteiger partial charge in [0.25, 0.3) is 0 Å². The number of benzene rings is 1. The molecule has 1 aromatic rings. The van der Waals surface area contributed by atoms with Crippen LogP contribution in [-0.2, 0) is 4.74 Å². The average Bonchev–Trinajstić information content (AvgIpc) is 3.07. The number of anilines is 1. The predicted molar refractivity (Wildman–Crippen MR) is 74.7 cm³/mol. The van der Waals surface area contributed by atoms with Crippen LogP contribution in [0.2, 0.25) is 0 Å². The molecule has 0 spiro atoms. The first kappa shape index (κ1) is 12.3. The molecule has 0 radical (unpaired) electrons. The standard InChI is InChI=1S/C14H19N3O2/c1-18-11-5-2-4-10(8-11)17-12(9-16-14(17)15)13-6-3-7-19-13/h2,4-5,8,12-13H,3,6-7,9H2,1H3,(H2,15,16). The van der Waals surface area contributed by atoms with Crippen molar-refractivity contribution in [2.75, 3.05) is 25.2 Å². The number of rotatable bonds is 3. The first-order chi connectivity index (χ1) is 9.29. The molecule has 1 aromatic carbocycles. The molecule has 2 heterocycles. The third-order valence-corrected chi connectivity index (χ3v) is 3.74. The lowest BCUT2D eigenvalue weighted by Gasteiger charge is -2.30. The van der Waals surface area contributed by atoms with Crippen molar-refractivity contribution < 1.29 is 9.47 Å². The summed E-state index contributed by atoms with van der Waals surface area (Å²) in [5.74, 6) is 1.39. The van der Waals surface area contributed by atoms with Crippen LogP contribution >= 0.6 is 0 Å². The summed E-state index contributed by atoms with van der Waals surface area (Å²) in [5, 5.41) is 0. The van der Waals surface area contributed by atoms with E-state index in [9.17, 15) is 0 Å². The van der Waals surface area contributed by atoms with Crippen molar-refractivity contribution in [1.82, 2.24) is 0 Å². The van der Waals surface area contributed by atoms with Crippen molar-refractivity contribution in [3.8, 4) is 5.75 Å². The summed E-state index contributed by atoms with van der Waals surface area (Å²) in [6.07, 6.45) is 2.41. The maximum Gasteiger partial charge on any atom is 0.196 e. The molecular weight excluding hydrogens is 242 g/mol. The van der Waals surface area contributed by atoms with E-state index >= 15 is 0 Å². The molecule has 2 N–H and O–H groups in total. The Kier molecular flexibility index (Phi) is 3.29. The van der Waals surface area contributed by atoms with Crippen molar-refractivity contribution >= 4 is 11.6 Å². The topological polar surface area (TPSA) is 60.1 Å². The van der Waals surface area contributed by atoms with Gasteiger partial charge in [0, 0.05) is 18.4 Å². The third-order valence-electron chi connectivity index (χ3n) is 3.74. The Labute approximate surface area is 113 Å². The van der Waals surface area contributed by atoms with Gasteiger partial charge < -0.3 is 20.1 Å². The molecular formula is C14H19N3O2. The van der Waals surface area contributed by atoms with Gasteiger partial charge in [-0.05, 0) is 25.0 Å². The average molecular weight is 261 g/mol. The zero-order chi connectivity index (χ0) is 13.2. The number of nitrogens with two attached hydrogens (primary N) is 1. The molecule has 0 bridgehead atoms. The molecule has 0 amide bonds. The lowest BCUT2D eigenvalue weighted by atomic mass is 10.1. The Morgan fingerprint density at radius 1 is 1.47 bits per heavy atom. The minimum Gasteiger partial charge on any atom is -0.497 e. The van der Waals surface area contributed by atoms with Crippen LogP contribution in [0.1, 0.15) is 12.8 Å². The summed E-state index contributed by atoms with van der Waals surface area (Å²) in [4.78, 5) is 6.44. The summed E-state index contributed by atoms with van der Waals surface area (Å²) < 4.78 is 11.1. The molecule has 0 aliphatic carbocycles. The summed E-state index contributed by atoms with van der Waals surface area (Å²) in [5.41, 5.74) is 7.05. The first-order valence-corrected chi connectivity index (χ1v) is 6.64. The van der Waals surface area contributed by atoms with Gasteiger partial charge in [-0.25, -0.2) is 0 Å². The number of hydrogen-bond donors (Lipinski definition) is 1. The fourth-order valence-corrected chi connectivity index (χ4v) is 2.79. The van der Waals surface area contributed by atoms with Gasteiger partial charge in [-0.1, -0.05) is 6.07 Å². The van der Waals surface area contributed by atoms with Crippen molar-refractivity contribution in [1.29, 1.82) is 0 Å². The largest absolute Gasteiger partial charge is 0.497 e. The quantitative estimate of drug-likeness (QED) is 0.893. The van der Waals surface area contributed by atoms with Crippen LogP contribution in [-0.4, -0.2) is 38.4 Å². The van der Waals surface area contributed by atoms with Gasteiger partial charge in [-0.15, -0.1) is 0 Å². The van der Waals surface area contributed by atoms with Crippen LogP contribution in [0.4, 0.5) is 5.69 Å². The zero-order valence-corrected chi connectivity index (χ0v) is 11.1. The Hall–Kier alpha value is -1.75. The van der Waals surface area contributed by atoms with Crippen LogP contribution < -0.4 is 15.4 Å². The fraction of sp³-hybridized carbons (Fsp3) is 0.500. The molecule has 2 atom stereocenters. The Bertz CT molecular complexity index is 483. The first-order valence-electron chi connectivity index (χ1n) is 6.64. The van der Waals surface area contributed by atoms with Crippen molar-refractivity contribution in [2.24, 2.45) is 10.7 Å². The third kappa shape index (κ3) is 2.26. The van der Waals surface area contributed by atoms with Gasteiger partial charge in [0.15, 0.2) is 5.96 Å². The molecule has 1 saturated heterocycles. The van der Waals surface area contributed by atoms with Crippen LogP contribution in [0.3, 0.4) is 0 Å². The molecule has 19 heavy (non-hydrogen) atoms. The van der Waals surface area contributed by atoms with Gasteiger partial charge in [0.1, 0.15) is 5.75 Å². The van der Waals surface area contributed by atoms with Crippen molar-refractivity contribution in [3.63, 3.8) is 0 Å². The minimum absolute atomic E-state index is 0.203. The minimum atomic E-state index is 0.203. The number of ether oxygens (including phenoxy) is 2. The van der Waals surface area contributed by atoms with E-state index in [1.165, 1.54) is 0 Å². The molecule has 1 fully saturated rings. The maximum atomic E-state index is 6.04. The second-order valence-corrected chi connectivity index (χ2v) is 4.89. The van der Waals surface area contributed by atoms with Gasteiger partial charge in [0.05, 0.1) is 25.8 Å². The molecule has 0 aromatic heterocycles. The van der Waals surface area contributed by atoms with Gasteiger partial charge in [-0.2, -0.15) is 0 Å². The zero-order valence-electron chi connectivity index (χ0n) is 11.1. The number of methoxy groups -OCH3 is 1. The summed E-state index contributed by atoms with van der Waals surface area (Å²) >= 11 is 0. The van der Waals surface area contributed by atoms with Gasteiger partial charge in [0.2, 0.25) is 0 Å². The number of aliphatic imine (C=N–C) groups is 1. The van der Waals surface area contributed by atoms with E-state index in [0.29, 0.717) is 12.5 Å². The van der Waals surface area contributed by atoms with Crippen LogP contribution in [0.5, 0.6) is 5.75 Å². The fourth-order valence-electron chi connectivity index (χ4n) is 2.79. The van der Waals surface area contributed by atoms with Crippen molar-refractivity contribution in [2.45, 2.75) is 25.0 Å². The molecule has 2 aliphatic heterocycles. The molecule has 102 valence electrons. The summed E-state index contributed by atoms with van der Waals surface area (Å²) in [6.45, 7) is 1.54. The van der Waals surface area contributed by atoms with Crippen LogP contribution in [0.25, 0.3) is 0 Å². The highest BCUT2D eigenvalue weighted by atomic mass is 16.5. The van der Waals surface area contributed by atoms with E-state index in [0.717, 1.165) is 30.9 Å². The molecule has 2 unspecified atom stereocenters. The maximum absolute atomic E-state index is 6.04. The van der Waals surface area contributed by atoms with E-state index in [-0.39, 0.29) is 12.1 Å².